The number of carbonyl (C=O) groups is 1. The van der Waals surface area contributed by atoms with Crippen molar-refractivity contribution in [2.24, 2.45) is 0 Å². The minimum atomic E-state index is -1.07. The van der Waals surface area contributed by atoms with E-state index in [9.17, 15) is 4.79 Å². The molecule has 0 radical (unpaired) electrons. The molecule has 1 rings (SSSR count). The second-order valence-corrected chi connectivity index (χ2v) is 4.92. The van der Waals surface area contributed by atoms with E-state index < -0.39 is 5.97 Å². The van der Waals surface area contributed by atoms with Crippen molar-refractivity contribution in [1.82, 2.24) is 0 Å². The summed E-state index contributed by atoms with van der Waals surface area (Å²) in [7, 11) is 1.64. The minimum absolute atomic E-state index is 0.0418. The van der Waals surface area contributed by atoms with E-state index in [0.717, 1.165) is 0 Å². The lowest BCUT2D eigenvalue weighted by molar-refractivity contribution is 0.00543. The summed E-state index contributed by atoms with van der Waals surface area (Å²) in [5, 5.41) is 9.12. The van der Waals surface area contributed by atoms with Crippen LogP contribution in [0.3, 0.4) is 0 Å². The molecule has 0 saturated carbocycles. The first-order chi connectivity index (χ1) is 8.35. The van der Waals surface area contributed by atoms with E-state index >= 15 is 0 Å². The van der Waals surface area contributed by atoms with Crippen molar-refractivity contribution in [2.45, 2.75) is 25.9 Å². The first kappa shape index (κ1) is 14.8. The van der Waals surface area contributed by atoms with E-state index in [1.807, 2.05) is 13.8 Å². The third-order valence-electron chi connectivity index (χ3n) is 2.69. The van der Waals surface area contributed by atoms with Gasteiger partial charge in [-0.2, -0.15) is 0 Å². The molecule has 18 heavy (non-hydrogen) atoms. The molecule has 0 saturated heterocycles. The van der Waals surface area contributed by atoms with Gasteiger partial charge in [0.1, 0.15) is 5.75 Å². The van der Waals surface area contributed by atoms with Crippen LogP contribution in [0.2, 0.25) is 5.02 Å². The van der Waals surface area contributed by atoms with Gasteiger partial charge in [-0.25, -0.2) is 4.79 Å². The molecule has 0 unspecified atom stereocenters. The Hall–Kier alpha value is -1.26. The highest BCUT2D eigenvalue weighted by molar-refractivity contribution is 6.33. The fourth-order valence-corrected chi connectivity index (χ4v) is 1.47. The Labute approximate surface area is 111 Å². The topological polar surface area (TPSA) is 55.8 Å². The highest BCUT2D eigenvalue weighted by Crippen LogP contribution is 2.23. The van der Waals surface area contributed by atoms with E-state index in [2.05, 4.69) is 0 Å². The number of halogens is 1. The summed E-state index contributed by atoms with van der Waals surface area (Å²) in [6.45, 7) is 4.36. The average Bonchev–Trinajstić information content (AvgIpc) is 2.31. The van der Waals surface area contributed by atoms with Crippen LogP contribution in [0.4, 0.5) is 0 Å². The third-order valence-corrected chi connectivity index (χ3v) is 3.02. The number of aromatic carboxylic acids is 1. The predicted molar refractivity (Wildman–Crippen MR) is 69.6 cm³/mol. The molecule has 0 aliphatic heterocycles. The molecule has 0 aliphatic carbocycles. The van der Waals surface area contributed by atoms with E-state index in [4.69, 9.17) is 26.2 Å². The van der Waals surface area contributed by atoms with Crippen LogP contribution in [-0.4, -0.2) is 30.4 Å². The molecule has 0 spiro atoms. The summed E-state index contributed by atoms with van der Waals surface area (Å²) >= 11 is 5.76. The molecule has 0 fully saturated rings. The smallest absolute Gasteiger partial charge is 0.337 e. The summed E-state index contributed by atoms with van der Waals surface area (Å²) in [5.41, 5.74) is -0.220. The zero-order valence-corrected chi connectivity index (χ0v) is 11.5. The molecule has 0 bridgehead atoms. The lowest BCUT2D eigenvalue weighted by Gasteiger charge is -2.22. The molecule has 1 aromatic carbocycles. The van der Waals surface area contributed by atoms with Gasteiger partial charge < -0.3 is 14.6 Å². The van der Waals surface area contributed by atoms with Crippen LogP contribution in [0.15, 0.2) is 18.2 Å². The van der Waals surface area contributed by atoms with Gasteiger partial charge in [0.2, 0.25) is 0 Å². The molecule has 0 aromatic heterocycles. The second kappa shape index (κ2) is 6.07. The van der Waals surface area contributed by atoms with Gasteiger partial charge in [0.25, 0.3) is 0 Å². The Morgan fingerprint density at radius 3 is 2.67 bits per heavy atom. The number of carboxylic acid groups (broad SMARTS) is 1. The number of benzene rings is 1. The van der Waals surface area contributed by atoms with Crippen molar-refractivity contribution < 1.29 is 19.4 Å². The molecule has 0 heterocycles. The molecule has 0 amide bonds. The number of methoxy groups -OCH3 is 1. The van der Waals surface area contributed by atoms with Crippen molar-refractivity contribution in [1.29, 1.82) is 0 Å². The quantitative estimate of drug-likeness (QED) is 0.864. The first-order valence-corrected chi connectivity index (χ1v) is 5.94. The SMILES string of the molecule is COC(C)(C)CCOc1ccc(Cl)c(C(=O)O)c1. The van der Waals surface area contributed by atoms with Gasteiger partial charge in [-0.1, -0.05) is 11.6 Å². The maximum Gasteiger partial charge on any atom is 0.337 e. The van der Waals surface area contributed by atoms with Gasteiger partial charge in [0.15, 0.2) is 0 Å². The molecule has 0 atom stereocenters. The van der Waals surface area contributed by atoms with E-state index in [-0.39, 0.29) is 16.2 Å². The maximum atomic E-state index is 10.9. The van der Waals surface area contributed by atoms with Crippen LogP contribution in [-0.2, 0) is 4.74 Å². The monoisotopic (exact) mass is 272 g/mol. The number of hydrogen-bond donors (Lipinski definition) is 1. The van der Waals surface area contributed by atoms with Crippen LogP contribution < -0.4 is 4.74 Å². The highest BCUT2D eigenvalue weighted by Gasteiger charge is 2.16. The van der Waals surface area contributed by atoms with Gasteiger partial charge in [0, 0.05) is 13.5 Å². The van der Waals surface area contributed by atoms with Gasteiger partial charge in [-0.15, -0.1) is 0 Å². The molecule has 100 valence electrons. The summed E-state index contributed by atoms with van der Waals surface area (Å²) in [6, 6.07) is 4.58. The zero-order chi connectivity index (χ0) is 13.8. The molecule has 1 aromatic rings. The molecule has 4 nitrogen and oxygen atoms in total. The van der Waals surface area contributed by atoms with Crippen molar-refractivity contribution in [2.75, 3.05) is 13.7 Å². The maximum absolute atomic E-state index is 10.9. The average molecular weight is 273 g/mol. The molecule has 5 heteroatoms. The Bertz CT molecular complexity index is 429. The van der Waals surface area contributed by atoms with E-state index in [0.29, 0.717) is 18.8 Å². The first-order valence-electron chi connectivity index (χ1n) is 5.56. The van der Waals surface area contributed by atoms with Gasteiger partial charge >= 0.3 is 5.97 Å². The standard InChI is InChI=1S/C13H17ClO4/c1-13(2,17-3)6-7-18-9-4-5-11(14)10(8-9)12(15)16/h4-5,8H,6-7H2,1-3H3,(H,15,16). The molecule has 0 aliphatic rings. The Morgan fingerprint density at radius 1 is 1.44 bits per heavy atom. The largest absolute Gasteiger partial charge is 0.493 e. The van der Waals surface area contributed by atoms with Crippen LogP contribution >= 0.6 is 11.6 Å². The van der Waals surface area contributed by atoms with E-state index in [1.54, 1.807) is 13.2 Å². The van der Waals surface area contributed by atoms with Crippen LogP contribution in [0.5, 0.6) is 5.75 Å². The number of carboxylic acids is 1. The number of rotatable bonds is 6. The molecular weight excluding hydrogens is 256 g/mol. The third kappa shape index (κ3) is 4.20. The zero-order valence-electron chi connectivity index (χ0n) is 10.7. The second-order valence-electron chi connectivity index (χ2n) is 4.51. The molecule has 1 N–H and O–H groups in total. The van der Waals surface area contributed by atoms with Crippen molar-refractivity contribution in [3.8, 4) is 5.75 Å². The Balaban J connectivity index is 2.64. The summed E-state index contributed by atoms with van der Waals surface area (Å²) < 4.78 is 10.7. The summed E-state index contributed by atoms with van der Waals surface area (Å²) in [4.78, 5) is 10.9. The van der Waals surface area contributed by atoms with Gasteiger partial charge in [-0.05, 0) is 32.0 Å². The summed E-state index contributed by atoms with van der Waals surface area (Å²) in [6.07, 6.45) is 0.703. The number of hydrogen-bond acceptors (Lipinski definition) is 3. The van der Waals surface area contributed by atoms with Gasteiger partial charge in [-0.3, -0.25) is 0 Å². The fourth-order valence-electron chi connectivity index (χ4n) is 1.27. The number of ether oxygens (including phenoxy) is 2. The predicted octanol–water partition coefficient (Wildman–Crippen LogP) is 3.23. The molecular formula is C13H17ClO4. The minimum Gasteiger partial charge on any atom is -0.493 e. The van der Waals surface area contributed by atoms with Crippen LogP contribution in [0.25, 0.3) is 0 Å². The van der Waals surface area contributed by atoms with Crippen molar-refractivity contribution in [3.05, 3.63) is 28.8 Å². The lowest BCUT2D eigenvalue weighted by atomic mass is 10.1. The lowest BCUT2D eigenvalue weighted by Crippen LogP contribution is -2.25. The van der Waals surface area contributed by atoms with E-state index in [1.165, 1.54) is 12.1 Å². The Kier molecular flexibility index (Phi) is 4.99. The Morgan fingerprint density at radius 2 is 2.11 bits per heavy atom. The summed E-state index contributed by atoms with van der Waals surface area (Å²) in [5.74, 6) is -0.577. The van der Waals surface area contributed by atoms with Gasteiger partial charge in [0.05, 0.1) is 22.8 Å². The normalized spacial score (nSPS) is 11.3. The van der Waals surface area contributed by atoms with Crippen molar-refractivity contribution in [3.63, 3.8) is 0 Å². The highest BCUT2D eigenvalue weighted by atomic mass is 35.5. The van der Waals surface area contributed by atoms with Crippen LogP contribution in [0.1, 0.15) is 30.6 Å². The van der Waals surface area contributed by atoms with Crippen molar-refractivity contribution >= 4 is 17.6 Å². The fraction of sp³-hybridized carbons (Fsp3) is 0.462. The van der Waals surface area contributed by atoms with Crippen LogP contribution in [0, 0.1) is 0 Å².